The van der Waals surface area contributed by atoms with Crippen LogP contribution in [-0.4, -0.2) is 32.7 Å². The predicted octanol–water partition coefficient (Wildman–Crippen LogP) is 1.68. The zero-order valence-electron chi connectivity index (χ0n) is 11.7. The van der Waals surface area contributed by atoms with Crippen LogP contribution in [0.5, 0.6) is 5.75 Å². The van der Waals surface area contributed by atoms with Crippen molar-refractivity contribution in [1.82, 2.24) is 5.32 Å². The van der Waals surface area contributed by atoms with Crippen molar-refractivity contribution in [2.75, 3.05) is 25.5 Å². The molecule has 1 aliphatic heterocycles. The number of likely N-dealkylation sites (N-methyl/N-ethyl adjacent to an activating group) is 2. The summed E-state index contributed by atoms with van der Waals surface area (Å²) in [5, 5.41) is 3.27. The lowest BCUT2D eigenvalue weighted by atomic mass is 9.95. The molecule has 2 aliphatic rings. The summed E-state index contributed by atoms with van der Waals surface area (Å²) in [6.07, 6.45) is 2.04. The number of amides is 1. The molecular weight excluding hydrogens is 240 g/mol. The molecule has 102 valence electrons. The summed E-state index contributed by atoms with van der Waals surface area (Å²) in [4.78, 5) is 13.6. The number of hydrogen-bond donors (Lipinski definition) is 1. The first kappa shape index (κ1) is 12.5. The molecule has 0 saturated heterocycles. The van der Waals surface area contributed by atoms with Crippen LogP contribution in [0.15, 0.2) is 18.2 Å². The average Bonchev–Trinajstić information content (AvgIpc) is 3.17. The molecule has 1 aromatic carbocycles. The molecule has 1 unspecified atom stereocenters. The van der Waals surface area contributed by atoms with Crippen molar-refractivity contribution < 1.29 is 9.53 Å². The van der Waals surface area contributed by atoms with Gasteiger partial charge in [-0.25, -0.2) is 0 Å². The van der Waals surface area contributed by atoms with Gasteiger partial charge in [0.2, 0.25) is 0 Å². The van der Waals surface area contributed by atoms with E-state index in [0.29, 0.717) is 0 Å². The number of benzene rings is 1. The summed E-state index contributed by atoms with van der Waals surface area (Å²) in [6, 6.07) is 6.25. The van der Waals surface area contributed by atoms with Crippen molar-refractivity contribution in [3.8, 4) is 5.75 Å². The van der Waals surface area contributed by atoms with Gasteiger partial charge in [-0.05, 0) is 44.5 Å². The highest BCUT2D eigenvalue weighted by molar-refractivity contribution is 5.99. The molecule has 1 fully saturated rings. The van der Waals surface area contributed by atoms with Gasteiger partial charge in [-0.1, -0.05) is 6.07 Å². The number of anilines is 1. The fourth-order valence-corrected chi connectivity index (χ4v) is 2.90. The summed E-state index contributed by atoms with van der Waals surface area (Å²) in [7, 11) is 3.80. The van der Waals surface area contributed by atoms with Crippen LogP contribution in [0.3, 0.4) is 0 Å². The van der Waals surface area contributed by atoms with Crippen LogP contribution in [0.25, 0.3) is 0 Å². The Morgan fingerprint density at radius 3 is 2.84 bits per heavy atom. The lowest BCUT2D eigenvalue weighted by Crippen LogP contribution is -2.42. The zero-order valence-corrected chi connectivity index (χ0v) is 11.7. The lowest BCUT2D eigenvalue weighted by molar-refractivity contribution is -0.125. The second kappa shape index (κ2) is 4.23. The molecule has 0 spiro atoms. The highest BCUT2D eigenvalue weighted by atomic mass is 16.5. The van der Waals surface area contributed by atoms with Crippen LogP contribution in [-0.2, 0) is 10.2 Å². The quantitative estimate of drug-likeness (QED) is 0.899. The van der Waals surface area contributed by atoms with Gasteiger partial charge in [-0.3, -0.25) is 4.79 Å². The zero-order chi connectivity index (χ0) is 13.6. The van der Waals surface area contributed by atoms with E-state index in [2.05, 4.69) is 17.4 Å². The van der Waals surface area contributed by atoms with Crippen LogP contribution in [0.2, 0.25) is 0 Å². The maximum atomic E-state index is 11.9. The second-order valence-corrected chi connectivity index (χ2v) is 5.65. The predicted molar refractivity (Wildman–Crippen MR) is 74.8 cm³/mol. The molecule has 1 aromatic rings. The number of nitrogens with zero attached hydrogens (tertiary/aromatic N) is 1. The summed E-state index contributed by atoms with van der Waals surface area (Å²) >= 11 is 0. The number of nitrogens with one attached hydrogen (secondary N) is 1. The van der Waals surface area contributed by atoms with Crippen LogP contribution in [0.1, 0.15) is 25.3 Å². The third kappa shape index (κ3) is 1.91. The van der Waals surface area contributed by atoms with Gasteiger partial charge in [0.1, 0.15) is 5.75 Å². The topological polar surface area (TPSA) is 41.6 Å². The molecule has 0 radical (unpaired) electrons. The van der Waals surface area contributed by atoms with Gasteiger partial charge in [0.05, 0.1) is 5.69 Å². The Hall–Kier alpha value is -1.55. The summed E-state index contributed by atoms with van der Waals surface area (Å²) in [5.74, 6) is 0.839. The molecule has 1 aliphatic carbocycles. The molecule has 3 rings (SSSR count). The number of carbonyl (C=O) groups is 1. The second-order valence-electron chi connectivity index (χ2n) is 5.65. The Labute approximate surface area is 113 Å². The smallest absolute Gasteiger partial charge is 0.267 e. The van der Waals surface area contributed by atoms with Gasteiger partial charge < -0.3 is 15.0 Å². The Morgan fingerprint density at radius 1 is 1.47 bits per heavy atom. The maximum Gasteiger partial charge on any atom is 0.267 e. The molecular formula is C15H20N2O2. The minimum Gasteiger partial charge on any atom is -0.479 e. The van der Waals surface area contributed by atoms with Crippen molar-refractivity contribution in [2.45, 2.75) is 31.3 Å². The van der Waals surface area contributed by atoms with Gasteiger partial charge in [0, 0.05) is 19.0 Å². The first-order valence-corrected chi connectivity index (χ1v) is 6.81. The Balaban J connectivity index is 1.97. The number of ether oxygens (including phenoxy) is 1. The number of fused-ring (bicyclic) bond motifs is 1. The minimum absolute atomic E-state index is 0.0108. The van der Waals surface area contributed by atoms with E-state index in [1.165, 1.54) is 18.4 Å². The molecule has 1 saturated carbocycles. The summed E-state index contributed by atoms with van der Waals surface area (Å²) in [6.45, 7) is 2.80. The molecule has 1 heterocycles. The molecule has 4 nitrogen and oxygen atoms in total. The van der Waals surface area contributed by atoms with Crippen molar-refractivity contribution in [3.63, 3.8) is 0 Å². The van der Waals surface area contributed by atoms with E-state index < -0.39 is 6.10 Å². The highest BCUT2D eigenvalue weighted by Crippen LogP contribution is 2.49. The van der Waals surface area contributed by atoms with Gasteiger partial charge in [0.25, 0.3) is 5.91 Å². The number of carbonyl (C=O) groups excluding carboxylic acids is 1. The Bertz CT molecular complexity index is 523. The van der Waals surface area contributed by atoms with E-state index >= 15 is 0 Å². The number of rotatable bonds is 3. The lowest BCUT2D eigenvalue weighted by Gasteiger charge is -2.31. The van der Waals surface area contributed by atoms with Crippen molar-refractivity contribution >= 4 is 11.6 Å². The minimum atomic E-state index is -0.396. The maximum absolute atomic E-state index is 11.9. The van der Waals surface area contributed by atoms with E-state index in [4.69, 9.17) is 4.74 Å². The molecule has 19 heavy (non-hydrogen) atoms. The third-order valence-electron chi connectivity index (χ3n) is 4.28. The van der Waals surface area contributed by atoms with Gasteiger partial charge >= 0.3 is 0 Å². The van der Waals surface area contributed by atoms with Crippen molar-refractivity contribution in [2.24, 2.45) is 0 Å². The number of hydrogen-bond acceptors (Lipinski definition) is 3. The largest absolute Gasteiger partial charge is 0.479 e. The Kier molecular flexibility index (Phi) is 2.78. The average molecular weight is 260 g/mol. The molecule has 0 bridgehead atoms. The molecule has 1 amide bonds. The fraction of sp³-hybridized carbons (Fsp3) is 0.533. The van der Waals surface area contributed by atoms with Gasteiger partial charge in [-0.2, -0.15) is 0 Å². The van der Waals surface area contributed by atoms with Crippen molar-refractivity contribution in [3.05, 3.63) is 23.8 Å². The molecule has 0 aromatic heterocycles. The van der Waals surface area contributed by atoms with Crippen LogP contribution >= 0.6 is 0 Å². The standard InChI is InChI=1S/C15H20N2O2/c1-10-14(18)17(3)12-5-4-11(8-13(12)19-10)15(6-7-15)9-16-2/h4-5,8,10,16H,6-7,9H2,1-3H3. The molecule has 1 N–H and O–H groups in total. The van der Waals surface area contributed by atoms with E-state index in [1.54, 1.807) is 18.9 Å². The SMILES string of the molecule is CNCC1(c2ccc3c(c2)OC(C)C(=O)N3C)CC1. The van der Waals surface area contributed by atoms with E-state index in [1.807, 2.05) is 13.1 Å². The molecule has 1 atom stereocenters. The van der Waals surface area contributed by atoms with Crippen LogP contribution < -0.4 is 15.0 Å². The van der Waals surface area contributed by atoms with Crippen molar-refractivity contribution in [1.29, 1.82) is 0 Å². The van der Waals surface area contributed by atoms with E-state index in [0.717, 1.165) is 18.0 Å². The monoisotopic (exact) mass is 260 g/mol. The normalized spacial score (nSPS) is 23.8. The first-order chi connectivity index (χ1) is 9.07. The first-order valence-electron chi connectivity index (χ1n) is 6.81. The van der Waals surface area contributed by atoms with E-state index in [9.17, 15) is 4.79 Å². The van der Waals surface area contributed by atoms with Crippen LogP contribution in [0, 0.1) is 0 Å². The van der Waals surface area contributed by atoms with Gasteiger partial charge in [-0.15, -0.1) is 0 Å². The Morgan fingerprint density at radius 2 is 2.21 bits per heavy atom. The third-order valence-corrected chi connectivity index (χ3v) is 4.28. The fourth-order valence-electron chi connectivity index (χ4n) is 2.90. The van der Waals surface area contributed by atoms with Crippen LogP contribution in [0.4, 0.5) is 5.69 Å². The van der Waals surface area contributed by atoms with E-state index in [-0.39, 0.29) is 11.3 Å². The summed E-state index contributed by atoms with van der Waals surface area (Å²) < 4.78 is 5.74. The summed E-state index contributed by atoms with van der Waals surface area (Å²) in [5.41, 5.74) is 2.46. The highest BCUT2D eigenvalue weighted by Gasteiger charge is 2.44. The van der Waals surface area contributed by atoms with Gasteiger partial charge in [0.15, 0.2) is 6.10 Å². The molecule has 4 heteroatoms.